The normalized spacial score (nSPS) is 14.9. The van der Waals surface area contributed by atoms with Gasteiger partial charge in [0.15, 0.2) is 6.04 Å². The number of pyridine rings is 1. The topological polar surface area (TPSA) is 62.5 Å². The molecule has 0 saturated carbocycles. The number of fused-ring (bicyclic) bond motifs is 2. The molecule has 0 saturated heterocycles. The molecule has 6 rings (SSSR count). The van der Waals surface area contributed by atoms with Crippen molar-refractivity contribution in [3.05, 3.63) is 134 Å². The van der Waals surface area contributed by atoms with Gasteiger partial charge < -0.3 is 10.0 Å². The van der Waals surface area contributed by atoms with Crippen LogP contribution in [0.2, 0.25) is 5.02 Å². The second kappa shape index (κ2) is 12.2. The Morgan fingerprint density at radius 3 is 2.28 bits per heavy atom. The predicted octanol–water partition coefficient (Wildman–Crippen LogP) is 8.92. The number of alkyl halides is 3. The number of carbonyl (C=O) groups is 1. The van der Waals surface area contributed by atoms with Crippen molar-refractivity contribution < 1.29 is 23.1 Å². The largest absolute Gasteiger partial charge is 0.480 e. The molecule has 1 aliphatic heterocycles. The number of aromatic nitrogens is 1. The zero-order valence-corrected chi connectivity index (χ0v) is 27.0. The van der Waals surface area contributed by atoms with Gasteiger partial charge in [-0.25, -0.2) is 4.79 Å². The van der Waals surface area contributed by atoms with Gasteiger partial charge in [0.1, 0.15) is 10.8 Å². The van der Waals surface area contributed by atoms with Crippen molar-refractivity contribution in [2.45, 2.75) is 51.2 Å². The second-order valence-electron chi connectivity index (χ2n) is 13.1. The Bertz CT molecular complexity index is 2040. The van der Waals surface area contributed by atoms with E-state index in [2.05, 4.69) is 32.9 Å². The van der Waals surface area contributed by atoms with Crippen LogP contribution in [0.4, 0.5) is 19.0 Å². The van der Waals surface area contributed by atoms with E-state index in [1.54, 1.807) is 11.0 Å². The number of hydrogen-bond acceptors (Lipinski definition) is 3. The van der Waals surface area contributed by atoms with Gasteiger partial charge in [0.25, 0.3) is 5.56 Å². The number of hydrogen-bond donors (Lipinski definition) is 1. The molecule has 5 aromatic rings. The van der Waals surface area contributed by atoms with Crippen LogP contribution in [0.3, 0.4) is 0 Å². The maximum Gasteiger partial charge on any atom is 0.416 e. The van der Waals surface area contributed by atoms with Crippen LogP contribution in [0.5, 0.6) is 0 Å². The first-order chi connectivity index (χ1) is 22.2. The van der Waals surface area contributed by atoms with Crippen LogP contribution in [0.15, 0.2) is 95.8 Å². The van der Waals surface area contributed by atoms with E-state index in [1.165, 1.54) is 11.6 Å². The van der Waals surface area contributed by atoms with Crippen molar-refractivity contribution in [3.63, 3.8) is 0 Å². The first-order valence-corrected chi connectivity index (χ1v) is 15.8. The molecule has 0 aliphatic carbocycles. The van der Waals surface area contributed by atoms with Gasteiger partial charge in [-0.2, -0.15) is 13.2 Å². The van der Waals surface area contributed by atoms with E-state index < -0.39 is 29.3 Å². The number of halogens is 4. The summed E-state index contributed by atoms with van der Waals surface area (Å²) in [6.07, 6.45) is -3.95. The summed E-state index contributed by atoms with van der Waals surface area (Å²) < 4.78 is 43.2. The van der Waals surface area contributed by atoms with Crippen LogP contribution in [0.25, 0.3) is 21.9 Å². The Balaban J connectivity index is 1.55. The summed E-state index contributed by atoms with van der Waals surface area (Å²) in [5, 5.41) is 11.9. The van der Waals surface area contributed by atoms with Gasteiger partial charge in [0, 0.05) is 18.5 Å². The molecule has 0 amide bonds. The molecule has 1 N–H and O–H groups in total. The van der Waals surface area contributed by atoms with E-state index in [4.69, 9.17) is 11.6 Å². The Morgan fingerprint density at radius 2 is 1.60 bits per heavy atom. The quantitative estimate of drug-likeness (QED) is 0.190. The number of anilines is 1. The van der Waals surface area contributed by atoms with E-state index in [1.807, 2.05) is 54.6 Å². The summed E-state index contributed by atoms with van der Waals surface area (Å²) in [5.74, 6) is -0.967. The van der Waals surface area contributed by atoms with Gasteiger partial charge in [-0.3, -0.25) is 9.36 Å². The third-order valence-corrected chi connectivity index (χ3v) is 9.32. The summed E-state index contributed by atoms with van der Waals surface area (Å²) in [4.78, 5) is 28.3. The highest BCUT2D eigenvalue weighted by atomic mass is 35.5. The molecule has 1 atom stereocenters. The molecular formula is C38H34ClF3N2O3. The molecule has 1 aliphatic rings. The number of nitrogens with zero attached hydrogens (tertiary/aromatic N) is 2. The first-order valence-electron chi connectivity index (χ1n) is 15.4. The average Bonchev–Trinajstić information content (AvgIpc) is 3.42. The lowest BCUT2D eigenvalue weighted by atomic mass is 9.86. The molecule has 9 heteroatoms. The molecule has 0 spiro atoms. The molecule has 4 aromatic carbocycles. The van der Waals surface area contributed by atoms with Crippen molar-refractivity contribution in [3.8, 4) is 11.1 Å². The van der Waals surface area contributed by atoms with Crippen molar-refractivity contribution in [1.29, 1.82) is 0 Å². The van der Waals surface area contributed by atoms with Crippen molar-refractivity contribution >= 4 is 34.2 Å². The maximum absolute atomic E-state index is 14.0. The lowest BCUT2D eigenvalue weighted by molar-refractivity contribution is -0.140. The lowest BCUT2D eigenvalue weighted by Crippen LogP contribution is -2.29. The Hall–Kier alpha value is -4.56. The average molecular weight is 659 g/mol. The summed E-state index contributed by atoms with van der Waals surface area (Å²) in [5.41, 5.74) is 2.32. The third-order valence-electron chi connectivity index (χ3n) is 8.93. The zero-order valence-electron chi connectivity index (χ0n) is 26.2. The predicted molar refractivity (Wildman–Crippen MR) is 181 cm³/mol. The number of carboxylic acid groups (broad SMARTS) is 1. The highest BCUT2D eigenvalue weighted by Crippen LogP contribution is 2.44. The lowest BCUT2D eigenvalue weighted by Gasteiger charge is -2.25. The molecule has 0 bridgehead atoms. The fourth-order valence-electron chi connectivity index (χ4n) is 6.45. The van der Waals surface area contributed by atoms with E-state index in [0.29, 0.717) is 24.1 Å². The summed E-state index contributed by atoms with van der Waals surface area (Å²) >= 11 is 6.84. The van der Waals surface area contributed by atoms with Crippen molar-refractivity contribution in [2.24, 2.45) is 0 Å². The SMILES string of the molecule is CC(C)(C)c1ccc(CCN2CC(C(=O)O)n3c2c(-c2cccc(C(F)(F)F)c2)c(Cc2cccc4ccccc24)c(Cl)c3=O)cc1. The number of rotatable bonds is 7. The van der Waals surface area contributed by atoms with Gasteiger partial charge in [-0.15, -0.1) is 0 Å². The van der Waals surface area contributed by atoms with E-state index in [-0.39, 0.29) is 34.8 Å². The Morgan fingerprint density at radius 1 is 0.915 bits per heavy atom. The fourth-order valence-corrected chi connectivity index (χ4v) is 6.70. The minimum Gasteiger partial charge on any atom is -0.480 e. The molecule has 1 unspecified atom stereocenters. The van der Waals surface area contributed by atoms with Crippen LogP contribution >= 0.6 is 11.6 Å². The number of carboxylic acids is 1. The third kappa shape index (κ3) is 6.26. The molecule has 242 valence electrons. The van der Waals surface area contributed by atoms with Crippen LogP contribution in [-0.2, 0) is 29.2 Å². The van der Waals surface area contributed by atoms with E-state index in [0.717, 1.165) is 38.6 Å². The van der Waals surface area contributed by atoms with E-state index in [9.17, 15) is 27.9 Å². The molecule has 2 heterocycles. The van der Waals surface area contributed by atoms with Crippen molar-refractivity contribution in [1.82, 2.24) is 4.57 Å². The number of benzene rings is 4. The second-order valence-corrected chi connectivity index (χ2v) is 13.4. The summed E-state index contributed by atoms with van der Waals surface area (Å²) in [7, 11) is 0. The first kappa shape index (κ1) is 32.4. The Labute approximate surface area is 275 Å². The standard InChI is InChI=1S/C38H34ClF3N2O3/c1-37(2,3)27-16-14-23(15-17-27)18-19-43-22-31(36(46)47)44-34(43)32(26-11-7-12-28(20-26)38(40,41)42)30(33(39)35(44)45)21-25-10-6-9-24-8-4-5-13-29(24)25/h4-17,20,31H,18-19,21-22H2,1-3H3,(H,46,47). The van der Waals surface area contributed by atoms with Crippen LogP contribution in [0.1, 0.15) is 54.6 Å². The zero-order chi connectivity index (χ0) is 33.7. The highest BCUT2D eigenvalue weighted by Gasteiger charge is 2.39. The molecule has 1 aromatic heterocycles. The monoisotopic (exact) mass is 658 g/mol. The van der Waals surface area contributed by atoms with Gasteiger partial charge in [0.2, 0.25) is 0 Å². The highest BCUT2D eigenvalue weighted by molar-refractivity contribution is 6.32. The number of aliphatic carboxylic acids is 1. The molecule has 47 heavy (non-hydrogen) atoms. The summed E-state index contributed by atoms with van der Waals surface area (Å²) in [6.45, 7) is 6.68. The smallest absolute Gasteiger partial charge is 0.416 e. The molecular weight excluding hydrogens is 625 g/mol. The van der Waals surface area contributed by atoms with Gasteiger partial charge in [-0.05, 0) is 62.6 Å². The van der Waals surface area contributed by atoms with E-state index >= 15 is 0 Å². The summed E-state index contributed by atoms with van der Waals surface area (Å²) in [6, 6.07) is 25.3. The fraction of sp³-hybridized carbons (Fsp3) is 0.263. The van der Waals surface area contributed by atoms with Crippen LogP contribution in [0, 0.1) is 0 Å². The molecule has 0 fully saturated rings. The van der Waals surface area contributed by atoms with Crippen LogP contribution < -0.4 is 10.5 Å². The molecule has 0 radical (unpaired) electrons. The van der Waals surface area contributed by atoms with Gasteiger partial charge in [-0.1, -0.05) is 111 Å². The van der Waals surface area contributed by atoms with Gasteiger partial charge in [0.05, 0.1) is 12.1 Å². The van der Waals surface area contributed by atoms with Gasteiger partial charge >= 0.3 is 12.1 Å². The maximum atomic E-state index is 14.0. The van der Waals surface area contributed by atoms with Crippen molar-refractivity contribution in [2.75, 3.05) is 18.0 Å². The minimum atomic E-state index is -4.62. The Kier molecular flexibility index (Phi) is 8.43. The molecule has 5 nitrogen and oxygen atoms in total. The minimum absolute atomic E-state index is 0.0259. The van der Waals surface area contributed by atoms with Crippen LogP contribution in [-0.4, -0.2) is 28.7 Å².